The lowest BCUT2D eigenvalue weighted by atomic mass is 10.1. The third kappa shape index (κ3) is 4.94. The molecule has 0 amide bonds. The summed E-state index contributed by atoms with van der Waals surface area (Å²) in [6.07, 6.45) is -0.268. The lowest BCUT2D eigenvalue weighted by molar-refractivity contribution is 0.102. The van der Waals surface area contributed by atoms with Gasteiger partial charge in [0, 0.05) is 12.1 Å². The van der Waals surface area contributed by atoms with Crippen molar-refractivity contribution in [3.05, 3.63) is 59.9 Å². The Kier molecular flexibility index (Phi) is 7.35. The van der Waals surface area contributed by atoms with Crippen molar-refractivity contribution in [1.29, 1.82) is 0 Å². The number of nitrogens with zero attached hydrogens (tertiary/aromatic N) is 3. The zero-order valence-corrected chi connectivity index (χ0v) is 18.3. The first-order chi connectivity index (χ1) is 14.6. The van der Waals surface area contributed by atoms with Crippen molar-refractivity contribution < 1.29 is 19.0 Å². The van der Waals surface area contributed by atoms with Gasteiger partial charge in [0.15, 0.2) is 34.4 Å². The molecule has 0 fully saturated rings. The first-order valence-electron chi connectivity index (χ1n) is 9.60. The van der Waals surface area contributed by atoms with Crippen LogP contribution in [0.2, 0.25) is 0 Å². The molecule has 0 saturated carbocycles. The molecule has 2 aromatic carbocycles. The Morgan fingerprint density at radius 3 is 2.47 bits per heavy atom. The van der Waals surface area contributed by atoms with Gasteiger partial charge in [-0.1, -0.05) is 30.0 Å². The average Bonchev–Trinajstić information content (AvgIpc) is 3.20. The molecule has 0 spiro atoms. The van der Waals surface area contributed by atoms with E-state index >= 15 is 0 Å². The quantitative estimate of drug-likeness (QED) is 0.350. The summed E-state index contributed by atoms with van der Waals surface area (Å²) < 4.78 is 18.4. The van der Waals surface area contributed by atoms with E-state index in [1.807, 2.05) is 48.7 Å². The van der Waals surface area contributed by atoms with Gasteiger partial charge in [0.05, 0.1) is 20.0 Å². The lowest BCUT2D eigenvalue weighted by Crippen LogP contribution is -2.12. The van der Waals surface area contributed by atoms with Crippen molar-refractivity contribution in [2.45, 2.75) is 31.7 Å². The van der Waals surface area contributed by atoms with Crippen LogP contribution in [0.25, 0.3) is 0 Å². The summed E-state index contributed by atoms with van der Waals surface area (Å²) in [5.74, 6) is 2.82. The molecule has 0 aliphatic rings. The molecule has 0 aliphatic carbocycles. The fourth-order valence-electron chi connectivity index (χ4n) is 2.98. The van der Waals surface area contributed by atoms with Gasteiger partial charge in [-0.25, -0.2) is 0 Å². The Hall–Kier alpha value is -3.00. The SMILES string of the molecule is CCn1c(SCC(=O)c2ccc(OC)c(OC)c2)nnc1[C@@H](C)Oc1ccccc1. The van der Waals surface area contributed by atoms with Crippen LogP contribution < -0.4 is 14.2 Å². The summed E-state index contributed by atoms with van der Waals surface area (Å²) in [6.45, 7) is 4.63. The Labute approximate surface area is 180 Å². The fourth-order valence-corrected chi connectivity index (χ4v) is 3.89. The molecule has 0 unspecified atom stereocenters. The molecule has 3 rings (SSSR count). The molecule has 0 bridgehead atoms. The molecule has 30 heavy (non-hydrogen) atoms. The minimum Gasteiger partial charge on any atom is -0.493 e. The Balaban J connectivity index is 1.69. The number of thioether (sulfide) groups is 1. The van der Waals surface area contributed by atoms with Gasteiger partial charge < -0.3 is 18.8 Å². The molecule has 1 atom stereocenters. The van der Waals surface area contributed by atoms with E-state index in [0.717, 1.165) is 11.6 Å². The molecule has 3 aromatic rings. The van der Waals surface area contributed by atoms with Crippen LogP contribution >= 0.6 is 11.8 Å². The van der Waals surface area contributed by atoms with E-state index < -0.39 is 0 Å². The zero-order valence-electron chi connectivity index (χ0n) is 17.5. The standard InChI is InChI=1S/C22H25N3O4S/c1-5-25-21(15(2)29-17-9-7-6-8-10-17)23-24-22(25)30-14-18(26)16-11-12-19(27-3)20(13-16)28-4/h6-13,15H,5,14H2,1-4H3/t15-/m1/s1. The predicted octanol–water partition coefficient (Wildman–Crippen LogP) is 4.43. The number of rotatable bonds is 10. The Morgan fingerprint density at radius 1 is 1.07 bits per heavy atom. The van der Waals surface area contributed by atoms with Gasteiger partial charge in [0.1, 0.15) is 5.75 Å². The van der Waals surface area contributed by atoms with Crippen LogP contribution in [0, 0.1) is 0 Å². The molecular weight excluding hydrogens is 402 g/mol. The van der Waals surface area contributed by atoms with Gasteiger partial charge in [-0.3, -0.25) is 4.79 Å². The first-order valence-corrected chi connectivity index (χ1v) is 10.6. The fraction of sp³-hybridized carbons (Fsp3) is 0.318. The largest absolute Gasteiger partial charge is 0.493 e. The molecule has 1 aromatic heterocycles. The third-order valence-electron chi connectivity index (χ3n) is 4.52. The Bertz CT molecular complexity index is 991. The maximum absolute atomic E-state index is 12.7. The number of para-hydroxylation sites is 1. The summed E-state index contributed by atoms with van der Waals surface area (Å²) in [4.78, 5) is 12.7. The number of carbonyl (C=O) groups excluding carboxylic acids is 1. The van der Waals surface area contributed by atoms with Gasteiger partial charge in [-0.15, -0.1) is 10.2 Å². The number of methoxy groups -OCH3 is 2. The highest BCUT2D eigenvalue weighted by Crippen LogP contribution is 2.29. The molecule has 7 nitrogen and oxygen atoms in total. The molecule has 0 aliphatic heterocycles. The zero-order chi connectivity index (χ0) is 21.5. The van der Waals surface area contributed by atoms with Gasteiger partial charge in [-0.05, 0) is 44.2 Å². The van der Waals surface area contributed by atoms with Crippen molar-refractivity contribution in [3.8, 4) is 17.2 Å². The highest BCUT2D eigenvalue weighted by Gasteiger charge is 2.20. The van der Waals surface area contributed by atoms with Gasteiger partial charge >= 0.3 is 0 Å². The lowest BCUT2D eigenvalue weighted by Gasteiger charge is -2.15. The monoisotopic (exact) mass is 427 g/mol. The van der Waals surface area contributed by atoms with Crippen LogP contribution in [0.5, 0.6) is 17.2 Å². The minimum absolute atomic E-state index is 0.0262. The van der Waals surface area contributed by atoms with E-state index in [1.165, 1.54) is 11.8 Å². The minimum atomic E-state index is -0.268. The summed E-state index contributed by atoms with van der Waals surface area (Å²) in [6, 6.07) is 14.7. The van der Waals surface area contributed by atoms with Crippen molar-refractivity contribution in [3.63, 3.8) is 0 Å². The molecule has 0 saturated heterocycles. The number of hydrogen-bond donors (Lipinski definition) is 0. The Morgan fingerprint density at radius 2 is 1.80 bits per heavy atom. The first kappa shape index (κ1) is 21.7. The number of Topliss-reactive ketones (excluding diaryl/α,β-unsaturated/α-hetero) is 1. The number of aromatic nitrogens is 3. The van der Waals surface area contributed by atoms with E-state index in [4.69, 9.17) is 14.2 Å². The molecule has 158 valence electrons. The molecule has 0 radical (unpaired) electrons. The summed E-state index contributed by atoms with van der Waals surface area (Å²) >= 11 is 1.35. The van der Waals surface area contributed by atoms with Crippen LogP contribution in [-0.4, -0.2) is 40.5 Å². The van der Waals surface area contributed by atoms with E-state index in [2.05, 4.69) is 10.2 Å². The number of hydrogen-bond acceptors (Lipinski definition) is 7. The number of carbonyl (C=O) groups is 1. The van der Waals surface area contributed by atoms with Crippen molar-refractivity contribution in [1.82, 2.24) is 14.8 Å². The molecule has 0 N–H and O–H groups in total. The second kappa shape index (κ2) is 10.2. The van der Waals surface area contributed by atoms with E-state index in [-0.39, 0.29) is 17.6 Å². The number of benzene rings is 2. The van der Waals surface area contributed by atoms with Crippen LogP contribution in [0.4, 0.5) is 0 Å². The van der Waals surface area contributed by atoms with Crippen LogP contribution in [0.1, 0.15) is 36.1 Å². The molecule has 1 heterocycles. The van der Waals surface area contributed by atoms with Crippen LogP contribution in [0.15, 0.2) is 53.7 Å². The highest BCUT2D eigenvalue weighted by molar-refractivity contribution is 7.99. The van der Waals surface area contributed by atoms with Crippen molar-refractivity contribution >= 4 is 17.5 Å². The smallest absolute Gasteiger partial charge is 0.191 e. The van der Waals surface area contributed by atoms with E-state index in [9.17, 15) is 4.79 Å². The van der Waals surface area contributed by atoms with Gasteiger partial charge in [-0.2, -0.15) is 0 Å². The molecular formula is C22H25N3O4S. The third-order valence-corrected chi connectivity index (χ3v) is 5.49. The topological polar surface area (TPSA) is 75.5 Å². The number of ether oxygens (including phenoxy) is 3. The highest BCUT2D eigenvalue weighted by atomic mass is 32.2. The summed E-state index contributed by atoms with van der Waals surface area (Å²) in [5, 5.41) is 9.26. The van der Waals surface area contributed by atoms with Crippen molar-refractivity contribution in [2.24, 2.45) is 0 Å². The van der Waals surface area contributed by atoms with Crippen LogP contribution in [0.3, 0.4) is 0 Å². The summed E-state index contributed by atoms with van der Waals surface area (Å²) in [7, 11) is 3.11. The van der Waals surface area contributed by atoms with Gasteiger partial charge in [0.2, 0.25) is 0 Å². The maximum atomic E-state index is 12.7. The van der Waals surface area contributed by atoms with Crippen LogP contribution in [-0.2, 0) is 6.54 Å². The van der Waals surface area contributed by atoms with E-state index in [0.29, 0.717) is 28.8 Å². The van der Waals surface area contributed by atoms with Crippen molar-refractivity contribution in [2.75, 3.05) is 20.0 Å². The predicted molar refractivity (Wildman–Crippen MR) is 116 cm³/mol. The second-order valence-corrected chi connectivity index (χ2v) is 7.38. The second-order valence-electron chi connectivity index (χ2n) is 6.44. The number of ketones is 1. The van der Waals surface area contributed by atoms with Gasteiger partial charge in [0.25, 0.3) is 0 Å². The molecule has 8 heteroatoms. The summed E-state index contributed by atoms with van der Waals surface area (Å²) in [5.41, 5.74) is 0.559. The van der Waals surface area contributed by atoms with E-state index in [1.54, 1.807) is 32.4 Å². The maximum Gasteiger partial charge on any atom is 0.191 e. The normalized spacial score (nSPS) is 11.7. The average molecular weight is 428 g/mol.